The average molecular weight is 410 g/mol. The molecule has 29 heavy (non-hydrogen) atoms. The van der Waals surface area contributed by atoms with Crippen LogP contribution in [-0.4, -0.2) is 18.0 Å². The molecule has 0 aromatic heterocycles. The fourth-order valence-electron chi connectivity index (χ4n) is 2.50. The van der Waals surface area contributed by atoms with Crippen LogP contribution >= 0.6 is 11.6 Å². The third kappa shape index (κ3) is 5.83. The van der Waals surface area contributed by atoms with Gasteiger partial charge in [-0.3, -0.25) is 4.79 Å². The van der Waals surface area contributed by atoms with Crippen molar-refractivity contribution in [2.75, 3.05) is 5.32 Å². The van der Waals surface area contributed by atoms with E-state index in [1.54, 1.807) is 48.5 Å². The molecule has 3 rings (SSSR count). The highest BCUT2D eigenvalue weighted by atomic mass is 35.5. The summed E-state index contributed by atoms with van der Waals surface area (Å²) in [4.78, 5) is 24.6. The zero-order chi connectivity index (χ0) is 20.6. The molecular weight excluding hydrogens is 390 g/mol. The van der Waals surface area contributed by atoms with Crippen molar-refractivity contribution in [2.24, 2.45) is 0 Å². The zero-order valence-electron chi connectivity index (χ0n) is 15.8. The lowest BCUT2D eigenvalue weighted by molar-refractivity contribution is -0.123. The van der Waals surface area contributed by atoms with Crippen molar-refractivity contribution in [1.82, 2.24) is 0 Å². The average Bonchev–Trinajstić information content (AvgIpc) is 2.75. The lowest BCUT2D eigenvalue weighted by Crippen LogP contribution is -2.30. The smallest absolute Gasteiger partial charge is 0.338 e. The third-order valence-electron chi connectivity index (χ3n) is 4.12. The zero-order valence-corrected chi connectivity index (χ0v) is 16.6. The lowest BCUT2D eigenvalue weighted by Gasteiger charge is -2.14. The summed E-state index contributed by atoms with van der Waals surface area (Å²) < 4.78 is 10.9. The van der Waals surface area contributed by atoms with E-state index in [0.717, 1.165) is 11.3 Å². The Balaban J connectivity index is 1.53. The van der Waals surface area contributed by atoms with Crippen LogP contribution < -0.4 is 10.1 Å². The third-order valence-corrected chi connectivity index (χ3v) is 4.45. The Morgan fingerprint density at radius 2 is 1.59 bits per heavy atom. The van der Waals surface area contributed by atoms with Gasteiger partial charge in [-0.25, -0.2) is 4.79 Å². The minimum absolute atomic E-state index is 0.353. The first-order valence-corrected chi connectivity index (χ1v) is 9.44. The molecule has 1 atom stereocenters. The van der Waals surface area contributed by atoms with Gasteiger partial charge in [0.05, 0.1) is 16.3 Å². The summed E-state index contributed by atoms with van der Waals surface area (Å²) in [6.07, 6.45) is -0.972. The second-order valence-electron chi connectivity index (χ2n) is 6.32. The quantitative estimate of drug-likeness (QED) is 0.551. The number of rotatable bonds is 7. The van der Waals surface area contributed by atoms with Crippen LogP contribution in [0.2, 0.25) is 5.02 Å². The highest BCUT2D eigenvalue weighted by Crippen LogP contribution is 2.21. The Labute approximate surface area is 174 Å². The first-order chi connectivity index (χ1) is 14.0. The predicted molar refractivity (Wildman–Crippen MR) is 112 cm³/mol. The number of anilines is 1. The molecule has 3 aromatic carbocycles. The Morgan fingerprint density at radius 3 is 2.28 bits per heavy atom. The number of para-hydroxylation sites is 2. The van der Waals surface area contributed by atoms with Crippen molar-refractivity contribution in [3.05, 3.63) is 95.0 Å². The fraction of sp³-hybridized carbons (Fsp3) is 0.130. The van der Waals surface area contributed by atoms with Crippen LogP contribution in [0.15, 0.2) is 78.9 Å². The molecule has 0 saturated heterocycles. The van der Waals surface area contributed by atoms with E-state index in [2.05, 4.69) is 5.32 Å². The molecule has 0 unspecified atom stereocenters. The van der Waals surface area contributed by atoms with Gasteiger partial charge in [0.2, 0.25) is 0 Å². The van der Waals surface area contributed by atoms with Crippen LogP contribution in [0.5, 0.6) is 5.75 Å². The highest BCUT2D eigenvalue weighted by molar-refractivity contribution is 6.33. The molecule has 0 radical (unpaired) electrons. The number of nitrogens with one attached hydrogen (secondary N) is 1. The first kappa shape index (κ1) is 20.4. The molecule has 6 heteroatoms. The second-order valence-corrected chi connectivity index (χ2v) is 6.72. The Morgan fingerprint density at radius 1 is 0.931 bits per heavy atom. The largest absolute Gasteiger partial charge is 0.489 e. The molecule has 0 bridgehead atoms. The Kier molecular flexibility index (Phi) is 6.87. The van der Waals surface area contributed by atoms with Crippen LogP contribution in [0, 0.1) is 0 Å². The fourth-order valence-corrected chi connectivity index (χ4v) is 2.68. The van der Waals surface area contributed by atoms with E-state index in [4.69, 9.17) is 21.1 Å². The summed E-state index contributed by atoms with van der Waals surface area (Å²) in [5.74, 6) is -0.268. The topological polar surface area (TPSA) is 64.6 Å². The molecule has 5 nitrogen and oxygen atoms in total. The number of ether oxygens (including phenoxy) is 2. The number of hydrogen-bond acceptors (Lipinski definition) is 4. The number of amides is 1. The molecule has 1 N–H and O–H groups in total. The summed E-state index contributed by atoms with van der Waals surface area (Å²) in [6, 6.07) is 23.2. The number of esters is 1. The Bertz CT molecular complexity index is 974. The van der Waals surface area contributed by atoms with Crippen molar-refractivity contribution in [2.45, 2.75) is 19.6 Å². The van der Waals surface area contributed by atoms with Gasteiger partial charge in [0.15, 0.2) is 6.10 Å². The van der Waals surface area contributed by atoms with Crippen molar-refractivity contribution in [3.8, 4) is 5.75 Å². The number of benzene rings is 3. The van der Waals surface area contributed by atoms with Crippen molar-refractivity contribution >= 4 is 29.2 Å². The normalized spacial score (nSPS) is 11.4. The summed E-state index contributed by atoms with van der Waals surface area (Å²) in [5, 5.41) is 3.05. The van der Waals surface area contributed by atoms with Gasteiger partial charge in [-0.15, -0.1) is 0 Å². The van der Waals surface area contributed by atoms with E-state index < -0.39 is 18.0 Å². The van der Waals surface area contributed by atoms with Crippen LogP contribution in [-0.2, 0) is 16.1 Å². The molecule has 148 valence electrons. The number of hydrogen-bond donors (Lipinski definition) is 1. The molecule has 0 aliphatic carbocycles. The summed E-state index contributed by atoms with van der Waals surface area (Å²) >= 11 is 6.02. The standard InChI is InChI=1S/C23H20ClNO4/c1-16(22(26)25-21-10-6-5-9-20(21)24)29-23(27)18-13-11-17(12-14-18)15-28-19-7-3-2-4-8-19/h2-14,16H,15H2,1H3,(H,25,26)/t16-/m1/s1. The summed E-state index contributed by atoms with van der Waals surface area (Å²) in [5.41, 5.74) is 1.73. The van der Waals surface area contributed by atoms with Gasteiger partial charge in [0.1, 0.15) is 12.4 Å². The predicted octanol–water partition coefficient (Wildman–Crippen LogP) is 5.10. The molecule has 0 heterocycles. The van der Waals surface area contributed by atoms with E-state index in [1.165, 1.54) is 6.92 Å². The second kappa shape index (κ2) is 9.75. The maximum atomic E-state index is 12.3. The minimum Gasteiger partial charge on any atom is -0.489 e. The molecule has 1 amide bonds. The van der Waals surface area contributed by atoms with E-state index in [1.807, 2.05) is 30.3 Å². The van der Waals surface area contributed by atoms with Gasteiger partial charge in [-0.1, -0.05) is 54.1 Å². The number of carbonyl (C=O) groups is 2. The SMILES string of the molecule is C[C@@H](OC(=O)c1ccc(COc2ccccc2)cc1)C(=O)Nc1ccccc1Cl. The first-order valence-electron chi connectivity index (χ1n) is 9.06. The maximum Gasteiger partial charge on any atom is 0.338 e. The van der Waals surface area contributed by atoms with Gasteiger partial charge in [-0.05, 0) is 48.9 Å². The van der Waals surface area contributed by atoms with Gasteiger partial charge in [0.25, 0.3) is 5.91 Å². The molecule has 0 fully saturated rings. The lowest BCUT2D eigenvalue weighted by atomic mass is 10.1. The summed E-state index contributed by atoms with van der Waals surface area (Å²) in [6.45, 7) is 1.89. The van der Waals surface area contributed by atoms with Crippen molar-refractivity contribution in [1.29, 1.82) is 0 Å². The van der Waals surface area contributed by atoms with Crippen LogP contribution in [0.4, 0.5) is 5.69 Å². The van der Waals surface area contributed by atoms with Crippen LogP contribution in [0.3, 0.4) is 0 Å². The van der Waals surface area contributed by atoms with Crippen LogP contribution in [0.1, 0.15) is 22.8 Å². The molecule has 0 aliphatic rings. The molecule has 0 aliphatic heterocycles. The maximum absolute atomic E-state index is 12.3. The van der Waals surface area contributed by atoms with E-state index in [0.29, 0.717) is 22.9 Å². The number of halogens is 1. The van der Waals surface area contributed by atoms with Crippen molar-refractivity contribution < 1.29 is 19.1 Å². The Hall–Kier alpha value is -3.31. The molecule has 0 saturated carbocycles. The van der Waals surface area contributed by atoms with Crippen LogP contribution in [0.25, 0.3) is 0 Å². The van der Waals surface area contributed by atoms with Gasteiger partial charge < -0.3 is 14.8 Å². The molecule has 3 aromatic rings. The summed E-state index contributed by atoms with van der Waals surface area (Å²) in [7, 11) is 0. The van der Waals surface area contributed by atoms with E-state index in [-0.39, 0.29) is 0 Å². The molecular formula is C23H20ClNO4. The van der Waals surface area contributed by atoms with Gasteiger partial charge in [-0.2, -0.15) is 0 Å². The highest BCUT2D eigenvalue weighted by Gasteiger charge is 2.19. The van der Waals surface area contributed by atoms with Gasteiger partial charge >= 0.3 is 5.97 Å². The van der Waals surface area contributed by atoms with E-state index >= 15 is 0 Å². The van der Waals surface area contributed by atoms with Crippen molar-refractivity contribution in [3.63, 3.8) is 0 Å². The molecule has 0 spiro atoms. The minimum atomic E-state index is -0.972. The number of carbonyl (C=O) groups excluding carboxylic acids is 2. The van der Waals surface area contributed by atoms with Gasteiger partial charge in [0, 0.05) is 0 Å². The van der Waals surface area contributed by atoms with E-state index in [9.17, 15) is 9.59 Å². The monoisotopic (exact) mass is 409 g/mol.